The highest BCUT2D eigenvalue weighted by molar-refractivity contribution is 9.10. The highest BCUT2D eigenvalue weighted by Crippen LogP contribution is 2.19. The van der Waals surface area contributed by atoms with Gasteiger partial charge >= 0.3 is 0 Å². The van der Waals surface area contributed by atoms with Crippen LogP contribution < -0.4 is 11.1 Å². The Morgan fingerprint density at radius 3 is 2.75 bits per heavy atom. The third kappa shape index (κ3) is 3.94. The van der Waals surface area contributed by atoms with Crippen molar-refractivity contribution < 1.29 is 4.79 Å². The molecule has 0 aromatic heterocycles. The Balaban J connectivity index is 2.69. The van der Waals surface area contributed by atoms with Crippen LogP contribution in [0, 0.1) is 6.92 Å². The van der Waals surface area contributed by atoms with Gasteiger partial charge in [-0.05, 0) is 37.1 Å². The van der Waals surface area contributed by atoms with Crippen LogP contribution in [-0.4, -0.2) is 11.9 Å². The summed E-state index contributed by atoms with van der Waals surface area (Å²) in [7, 11) is 0. The summed E-state index contributed by atoms with van der Waals surface area (Å²) < 4.78 is 0.951. The molecule has 0 spiro atoms. The lowest BCUT2D eigenvalue weighted by atomic mass is 10.1. The van der Waals surface area contributed by atoms with Crippen molar-refractivity contribution >= 4 is 27.5 Å². The van der Waals surface area contributed by atoms with Gasteiger partial charge in [-0.2, -0.15) is 0 Å². The van der Waals surface area contributed by atoms with E-state index in [2.05, 4.69) is 21.2 Å². The Kier molecular flexibility index (Phi) is 4.96. The number of amides is 1. The molecule has 3 N–H and O–H groups in total. The van der Waals surface area contributed by atoms with Crippen molar-refractivity contribution in [2.75, 3.05) is 5.32 Å². The lowest BCUT2D eigenvalue weighted by Gasteiger charge is -2.11. The molecular weight excluding hydrogens is 268 g/mol. The molecule has 0 aliphatic rings. The molecular formula is C12H17BrN2O. The predicted molar refractivity (Wildman–Crippen MR) is 70.4 cm³/mol. The maximum absolute atomic E-state index is 11.7. The second-order valence-electron chi connectivity index (χ2n) is 3.90. The highest BCUT2D eigenvalue weighted by atomic mass is 79.9. The normalized spacial score (nSPS) is 12.2. The van der Waals surface area contributed by atoms with E-state index in [1.54, 1.807) is 0 Å². The largest absolute Gasteiger partial charge is 0.325 e. The Bertz CT molecular complexity index is 359. The maximum Gasteiger partial charge on any atom is 0.241 e. The Hall–Kier alpha value is -0.870. The molecule has 1 aromatic rings. The average Bonchev–Trinajstić information content (AvgIpc) is 2.16. The molecule has 1 rings (SSSR count). The fraction of sp³-hybridized carbons (Fsp3) is 0.417. The van der Waals surface area contributed by atoms with Crippen molar-refractivity contribution in [2.45, 2.75) is 32.7 Å². The van der Waals surface area contributed by atoms with Crippen LogP contribution in [0.5, 0.6) is 0 Å². The first kappa shape index (κ1) is 13.2. The topological polar surface area (TPSA) is 55.1 Å². The summed E-state index contributed by atoms with van der Waals surface area (Å²) in [5.74, 6) is -0.126. The van der Waals surface area contributed by atoms with Gasteiger partial charge in [0.2, 0.25) is 5.91 Å². The number of benzene rings is 1. The molecule has 0 saturated carbocycles. The second-order valence-corrected chi connectivity index (χ2v) is 4.82. The minimum atomic E-state index is -0.427. The Morgan fingerprint density at radius 2 is 2.19 bits per heavy atom. The zero-order valence-corrected chi connectivity index (χ0v) is 11.2. The minimum absolute atomic E-state index is 0.126. The fourth-order valence-corrected chi connectivity index (χ4v) is 2.09. The molecule has 0 radical (unpaired) electrons. The number of nitrogens with two attached hydrogens (primary N) is 1. The standard InChI is InChI=1S/C12H17BrN2O/c1-3-4-11(14)12(16)15-10-6-8(2)5-9(13)7-10/h5-7,11H,3-4,14H2,1-2H3,(H,15,16). The van der Waals surface area contributed by atoms with E-state index in [0.29, 0.717) is 6.42 Å². The van der Waals surface area contributed by atoms with Crippen LogP contribution in [0.1, 0.15) is 25.3 Å². The molecule has 16 heavy (non-hydrogen) atoms. The van der Waals surface area contributed by atoms with E-state index >= 15 is 0 Å². The second kappa shape index (κ2) is 6.01. The van der Waals surface area contributed by atoms with Gasteiger partial charge in [0.15, 0.2) is 0 Å². The molecule has 1 aromatic carbocycles. The quantitative estimate of drug-likeness (QED) is 0.893. The van der Waals surface area contributed by atoms with E-state index in [1.807, 2.05) is 32.0 Å². The summed E-state index contributed by atoms with van der Waals surface area (Å²) in [5, 5.41) is 2.81. The van der Waals surface area contributed by atoms with Crippen LogP contribution in [0.25, 0.3) is 0 Å². The van der Waals surface area contributed by atoms with E-state index in [4.69, 9.17) is 5.73 Å². The lowest BCUT2D eigenvalue weighted by molar-refractivity contribution is -0.117. The third-order valence-corrected chi connectivity index (χ3v) is 2.70. The highest BCUT2D eigenvalue weighted by Gasteiger charge is 2.12. The number of rotatable bonds is 4. The van der Waals surface area contributed by atoms with Crippen LogP contribution in [0.15, 0.2) is 22.7 Å². The van der Waals surface area contributed by atoms with Crippen LogP contribution in [0.3, 0.4) is 0 Å². The van der Waals surface area contributed by atoms with Crippen LogP contribution in [-0.2, 0) is 4.79 Å². The first-order valence-corrected chi connectivity index (χ1v) is 6.16. The van der Waals surface area contributed by atoms with E-state index in [-0.39, 0.29) is 5.91 Å². The Morgan fingerprint density at radius 1 is 1.50 bits per heavy atom. The zero-order valence-electron chi connectivity index (χ0n) is 9.59. The monoisotopic (exact) mass is 284 g/mol. The van der Waals surface area contributed by atoms with Gasteiger partial charge < -0.3 is 11.1 Å². The number of hydrogen-bond donors (Lipinski definition) is 2. The fourth-order valence-electron chi connectivity index (χ4n) is 1.49. The van der Waals surface area contributed by atoms with E-state index in [1.165, 1.54) is 0 Å². The van der Waals surface area contributed by atoms with Crippen molar-refractivity contribution in [1.29, 1.82) is 0 Å². The smallest absolute Gasteiger partial charge is 0.241 e. The van der Waals surface area contributed by atoms with Crippen LogP contribution in [0.4, 0.5) is 5.69 Å². The number of anilines is 1. The summed E-state index contributed by atoms with van der Waals surface area (Å²) in [6, 6.07) is 5.34. The molecule has 0 saturated heterocycles. The van der Waals surface area contributed by atoms with Gasteiger partial charge in [0.1, 0.15) is 0 Å². The SMILES string of the molecule is CCCC(N)C(=O)Nc1cc(C)cc(Br)c1. The number of halogens is 1. The Labute approximate surface area is 105 Å². The molecule has 0 fully saturated rings. The van der Waals surface area contributed by atoms with Crippen molar-refractivity contribution in [1.82, 2.24) is 0 Å². The van der Waals surface area contributed by atoms with Crippen LogP contribution in [0.2, 0.25) is 0 Å². The number of hydrogen-bond acceptors (Lipinski definition) is 2. The molecule has 0 aliphatic heterocycles. The number of carbonyl (C=O) groups is 1. The lowest BCUT2D eigenvalue weighted by Crippen LogP contribution is -2.35. The first-order valence-electron chi connectivity index (χ1n) is 5.36. The van der Waals surface area contributed by atoms with Gasteiger partial charge in [-0.15, -0.1) is 0 Å². The molecule has 88 valence electrons. The molecule has 1 unspecified atom stereocenters. The molecule has 4 heteroatoms. The van der Waals surface area contributed by atoms with Gasteiger partial charge in [0.25, 0.3) is 0 Å². The summed E-state index contributed by atoms with van der Waals surface area (Å²) in [6.07, 6.45) is 1.62. The van der Waals surface area contributed by atoms with E-state index < -0.39 is 6.04 Å². The van der Waals surface area contributed by atoms with Gasteiger partial charge in [-0.3, -0.25) is 4.79 Å². The average molecular weight is 285 g/mol. The predicted octanol–water partition coefficient (Wildman–Crippen LogP) is 2.82. The molecule has 0 aliphatic carbocycles. The minimum Gasteiger partial charge on any atom is -0.325 e. The van der Waals surface area contributed by atoms with Gasteiger partial charge in [0, 0.05) is 10.2 Å². The van der Waals surface area contributed by atoms with Crippen molar-refractivity contribution in [3.8, 4) is 0 Å². The third-order valence-electron chi connectivity index (χ3n) is 2.25. The summed E-state index contributed by atoms with van der Waals surface area (Å²) in [6.45, 7) is 3.99. The van der Waals surface area contributed by atoms with Gasteiger partial charge in [-0.1, -0.05) is 29.3 Å². The van der Waals surface area contributed by atoms with Gasteiger partial charge in [0.05, 0.1) is 6.04 Å². The summed E-state index contributed by atoms with van der Waals surface area (Å²) in [4.78, 5) is 11.7. The van der Waals surface area contributed by atoms with E-state index in [0.717, 1.165) is 22.1 Å². The van der Waals surface area contributed by atoms with Crippen molar-refractivity contribution in [2.24, 2.45) is 5.73 Å². The molecule has 3 nitrogen and oxygen atoms in total. The molecule has 0 heterocycles. The van der Waals surface area contributed by atoms with E-state index in [9.17, 15) is 4.79 Å². The number of nitrogens with one attached hydrogen (secondary N) is 1. The van der Waals surface area contributed by atoms with Gasteiger partial charge in [-0.25, -0.2) is 0 Å². The first-order chi connectivity index (χ1) is 7.52. The molecule has 0 bridgehead atoms. The maximum atomic E-state index is 11.7. The van der Waals surface area contributed by atoms with Crippen LogP contribution >= 0.6 is 15.9 Å². The van der Waals surface area contributed by atoms with Crippen molar-refractivity contribution in [3.05, 3.63) is 28.2 Å². The number of aryl methyl sites for hydroxylation is 1. The molecule has 1 atom stereocenters. The summed E-state index contributed by atoms with van der Waals surface area (Å²) >= 11 is 3.39. The van der Waals surface area contributed by atoms with Crippen molar-refractivity contribution in [3.63, 3.8) is 0 Å². The zero-order chi connectivity index (χ0) is 12.1. The number of carbonyl (C=O) groups excluding carboxylic acids is 1. The summed E-state index contributed by atoms with van der Waals surface area (Å²) in [5.41, 5.74) is 7.60. The molecule has 1 amide bonds.